The van der Waals surface area contributed by atoms with Crippen LogP contribution >= 0.6 is 12.4 Å². The molecule has 1 aliphatic rings. The number of hydrogen-bond donors (Lipinski definition) is 1. The van der Waals surface area contributed by atoms with E-state index >= 15 is 0 Å². The highest BCUT2D eigenvalue weighted by atomic mass is 35.5. The normalized spacial score (nSPS) is 13.5. The van der Waals surface area contributed by atoms with Crippen LogP contribution in [0.1, 0.15) is 30.7 Å². The van der Waals surface area contributed by atoms with Crippen LogP contribution < -0.4 is 10.1 Å². The lowest BCUT2D eigenvalue weighted by molar-refractivity contribution is 0.239. The smallest absolute Gasteiger partial charge is 0.227 e. The molecule has 0 atom stereocenters. The molecule has 2 heterocycles. The average Bonchev–Trinajstić information content (AvgIpc) is 2.71. The number of rotatable bonds is 6. The van der Waals surface area contributed by atoms with Gasteiger partial charge in [-0.2, -0.15) is 0 Å². The number of fused-ring (bicyclic) bond motifs is 1. The van der Waals surface area contributed by atoms with Crippen molar-refractivity contribution >= 4 is 24.0 Å². The Hall–Kier alpha value is -2.70. The molecule has 1 aliphatic heterocycles. The van der Waals surface area contributed by atoms with Gasteiger partial charge >= 0.3 is 0 Å². The summed E-state index contributed by atoms with van der Waals surface area (Å²) in [5.74, 6) is 1.19. The lowest BCUT2D eigenvalue weighted by atomic mass is 10.1. The molecule has 0 bridgehead atoms. The van der Waals surface area contributed by atoms with Gasteiger partial charge in [0.25, 0.3) is 0 Å². The second-order valence-electron chi connectivity index (χ2n) is 7.57. The molecule has 0 saturated carbocycles. The first-order valence-corrected chi connectivity index (χ1v) is 9.90. The summed E-state index contributed by atoms with van der Waals surface area (Å²) >= 11 is 0. The van der Waals surface area contributed by atoms with Gasteiger partial charge in [0, 0.05) is 43.5 Å². The summed E-state index contributed by atoms with van der Waals surface area (Å²) in [6.07, 6.45) is 2.95. The zero-order valence-electron chi connectivity index (χ0n) is 17.1. The van der Waals surface area contributed by atoms with Gasteiger partial charge in [0.2, 0.25) is 5.95 Å². The molecular weight excluding hydrogens is 403 g/mol. The molecule has 0 saturated heterocycles. The lowest BCUT2D eigenvalue weighted by Crippen LogP contribution is -2.31. The Labute approximate surface area is 182 Å². The fraction of sp³-hybridized carbons (Fsp3) is 0.304. The predicted octanol–water partition coefficient (Wildman–Crippen LogP) is 5.13. The summed E-state index contributed by atoms with van der Waals surface area (Å²) in [5, 5.41) is 3.14. The molecule has 0 fully saturated rings. The van der Waals surface area contributed by atoms with Crippen molar-refractivity contribution in [3.05, 3.63) is 77.4 Å². The Morgan fingerprint density at radius 1 is 1.10 bits per heavy atom. The van der Waals surface area contributed by atoms with Crippen molar-refractivity contribution in [1.29, 1.82) is 0 Å². The molecule has 30 heavy (non-hydrogen) atoms. The summed E-state index contributed by atoms with van der Waals surface area (Å²) in [4.78, 5) is 11.5. The minimum absolute atomic E-state index is 0. The van der Waals surface area contributed by atoms with Crippen molar-refractivity contribution in [3.8, 4) is 5.75 Å². The Bertz CT molecular complexity index is 964. The molecule has 0 amide bonds. The highest BCUT2D eigenvalue weighted by Gasteiger charge is 2.18. The standard InChI is InChI=1S/C23H25FN4O.ClH/c1-16(2)29-21-9-3-17(4-10-21)14-28-12-11-22-18(15-28)13-25-23(27-22)26-20-7-5-19(24)6-8-20;/h3-10,13,16H,11-12,14-15H2,1-2H3,(H,25,26,27);1H. The quantitative estimate of drug-likeness (QED) is 0.590. The summed E-state index contributed by atoms with van der Waals surface area (Å²) in [6, 6.07) is 14.5. The number of anilines is 2. The van der Waals surface area contributed by atoms with Crippen molar-refractivity contribution < 1.29 is 9.13 Å². The van der Waals surface area contributed by atoms with E-state index in [1.54, 1.807) is 12.1 Å². The number of benzene rings is 2. The van der Waals surface area contributed by atoms with Gasteiger partial charge in [0.15, 0.2) is 0 Å². The number of halogens is 2. The van der Waals surface area contributed by atoms with Crippen LogP contribution in [0.4, 0.5) is 16.0 Å². The molecule has 3 aromatic rings. The molecule has 158 valence electrons. The number of nitrogens with one attached hydrogen (secondary N) is 1. The number of hydrogen-bond acceptors (Lipinski definition) is 5. The predicted molar refractivity (Wildman–Crippen MR) is 119 cm³/mol. The van der Waals surface area contributed by atoms with E-state index in [0.717, 1.165) is 48.7 Å². The van der Waals surface area contributed by atoms with Gasteiger partial charge in [0.1, 0.15) is 11.6 Å². The topological polar surface area (TPSA) is 50.3 Å². The Morgan fingerprint density at radius 3 is 2.53 bits per heavy atom. The van der Waals surface area contributed by atoms with Crippen LogP contribution in [0, 0.1) is 5.82 Å². The fourth-order valence-electron chi connectivity index (χ4n) is 3.44. The first-order chi connectivity index (χ1) is 14.0. The zero-order chi connectivity index (χ0) is 20.2. The Morgan fingerprint density at radius 2 is 1.83 bits per heavy atom. The van der Waals surface area contributed by atoms with Crippen LogP contribution in [0.2, 0.25) is 0 Å². The highest BCUT2D eigenvalue weighted by Crippen LogP contribution is 2.22. The molecule has 0 unspecified atom stereocenters. The molecule has 2 aromatic carbocycles. The van der Waals surface area contributed by atoms with E-state index in [-0.39, 0.29) is 24.3 Å². The lowest BCUT2D eigenvalue weighted by Gasteiger charge is -2.28. The molecule has 1 aromatic heterocycles. The van der Waals surface area contributed by atoms with E-state index < -0.39 is 0 Å². The number of aromatic nitrogens is 2. The van der Waals surface area contributed by atoms with Gasteiger partial charge in [0.05, 0.1) is 11.8 Å². The molecule has 1 N–H and O–H groups in total. The molecular formula is C23H26ClFN4O. The van der Waals surface area contributed by atoms with Crippen molar-refractivity contribution in [2.24, 2.45) is 0 Å². The van der Waals surface area contributed by atoms with Gasteiger partial charge in [-0.15, -0.1) is 12.4 Å². The molecule has 7 heteroatoms. The maximum Gasteiger partial charge on any atom is 0.227 e. The summed E-state index contributed by atoms with van der Waals surface area (Å²) in [5.41, 5.74) is 4.26. The number of ether oxygens (including phenoxy) is 1. The second kappa shape index (κ2) is 9.87. The monoisotopic (exact) mass is 428 g/mol. The van der Waals surface area contributed by atoms with Crippen LogP contribution in [-0.2, 0) is 19.5 Å². The highest BCUT2D eigenvalue weighted by molar-refractivity contribution is 5.85. The summed E-state index contributed by atoms with van der Waals surface area (Å²) in [6.45, 7) is 6.72. The van der Waals surface area contributed by atoms with Gasteiger partial charge in [-0.25, -0.2) is 14.4 Å². The fourth-order valence-corrected chi connectivity index (χ4v) is 3.44. The Balaban J connectivity index is 0.00000256. The molecule has 0 spiro atoms. The van der Waals surface area contributed by atoms with Gasteiger partial charge < -0.3 is 10.1 Å². The molecule has 4 rings (SSSR count). The first-order valence-electron chi connectivity index (χ1n) is 9.90. The van der Waals surface area contributed by atoms with E-state index in [1.165, 1.54) is 17.7 Å². The third kappa shape index (κ3) is 5.68. The third-order valence-corrected chi connectivity index (χ3v) is 4.81. The third-order valence-electron chi connectivity index (χ3n) is 4.81. The zero-order valence-corrected chi connectivity index (χ0v) is 18.0. The van der Waals surface area contributed by atoms with E-state index in [0.29, 0.717) is 5.95 Å². The van der Waals surface area contributed by atoms with E-state index in [4.69, 9.17) is 4.74 Å². The molecule has 0 aliphatic carbocycles. The van der Waals surface area contributed by atoms with Crippen molar-refractivity contribution in [3.63, 3.8) is 0 Å². The van der Waals surface area contributed by atoms with Crippen molar-refractivity contribution in [2.45, 2.75) is 39.5 Å². The summed E-state index contributed by atoms with van der Waals surface area (Å²) in [7, 11) is 0. The molecule has 0 radical (unpaired) electrons. The van der Waals surface area contributed by atoms with E-state index in [9.17, 15) is 4.39 Å². The largest absolute Gasteiger partial charge is 0.491 e. The minimum atomic E-state index is -0.260. The van der Waals surface area contributed by atoms with Crippen LogP contribution in [0.25, 0.3) is 0 Å². The molecule has 5 nitrogen and oxygen atoms in total. The van der Waals surface area contributed by atoms with E-state index in [1.807, 2.05) is 32.2 Å². The van der Waals surface area contributed by atoms with Crippen LogP contribution in [0.5, 0.6) is 5.75 Å². The van der Waals surface area contributed by atoms with E-state index in [2.05, 4.69) is 32.3 Å². The summed E-state index contributed by atoms with van der Waals surface area (Å²) < 4.78 is 18.8. The second-order valence-corrected chi connectivity index (χ2v) is 7.57. The Kier molecular flexibility index (Phi) is 7.24. The maximum absolute atomic E-state index is 13.0. The van der Waals surface area contributed by atoms with Crippen LogP contribution in [-0.4, -0.2) is 27.5 Å². The average molecular weight is 429 g/mol. The minimum Gasteiger partial charge on any atom is -0.491 e. The SMILES string of the molecule is CC(C)Oc1ccc(CN2CCc3nc(Nc4ccc(F)cc4)ncc3C2)cc1.Cl. The van der Waals surface area contributed by atoms with Crippen molar-refractivity contribution in [2.75, 3.05) is 11.9 Å². The van der Waals surface area contributed by atoms with Gasteiger partial charge in [-0.05, 0) is 55.8 Å². The maximum atomic E-state index is 13.0. The van der Waals surface area contributed by atoms with Crippen LogP contribution in [0.15, 0.2) is 54.7 Å². The van der Waals surface area contributed by atoms with Crippen LogP contribution in [0.3, 0.4) is 0 Å². The van der Waals surface area contributed by atoms with Gasteiger partial charge in [-0.3, -0.25) is 4.90 Å². The number of nitrogens with zero attached hydrogens (tertiary/aromatic N) is 3. The van der Waals surface area contributed by atoms with Crippen molar-refractivity contribution in [1.82, 2.24) is 14.9 Å². The first kappa shape index (κ1) is 22.0. The van der Waals surface area contributed by atoms with Gasteiger partial charge in [-0.1, -0.05) is 12.1 Å².